The van der Waals surface area contributed by atoms with Gasteiger partial charge < -0.3 is 10.6 Å². The van der Waals surface area contributed by atoms with Gasteiger partial charge in [-0.2, -0.15) is 0 Å². The molecule has 110 valence electrons. The topological polar surface area (TPSA) is 54.0 Å². The largest absolute Gasteiger partial charge is 0.322 e. The molecule has 0 aliphatic heterocycles. The number of halogens is 2. The highest BCUT2D eigenvalue weighted by molar-refractivity contribution is 6.36. The average Bonchev–Trinajstić information content (AvgIpc) is 2.48. The van der Waals surface area contributed by atoms with Crippen molar-refractivity contribution in [3.05, 3.63) is 58.3 Å². The predicted octanol–water partition coefficient (Wildman–Crippen LogP) is 3.51. The first-order chi connectivity index (χ1) is 10.1. The maximum atomic E-state index is 12.1. The van der Waals surface area contributed by atoms with Crippen molar-refractivity contribution in [2.45, 2.75) is 19.5 Å². The summed E-state index contributed by atoms with van der Waals surface area (Å²) in [4.78, 5) is 16.0. The van der Waals surface area contributed by atoms with Crippen LogP contribution < -0.4 is 10.6 Å². The first kappa shape index (κ1) is 15.8. The van der Waals surface area contributed by atoms with Gasteiger partial charge in [-0.25, -0.2) is 4.98 Å². The Morgan fingerprint density at radius 3 is 2.67 bits per heavy atom. The zero-order valence-corrected chi connectivity index (χ0v) is 12.9. The average molecular weight is 324 g/mol. The van der Waals surface area contributed by atoms with E-state index < -0.39 is 0 Å². The quantitative estimate of drug-likeness (QED) is 0.828. The molecule has 0 spiro atoms. The number of nitrogens with one attached hydrogen (secondary N) is 2. The van der Waals surface area contributed by atoms with Crippen molar-refractivity contribution in [2.24, 2.45) is 0 Å². The number of rotatable bonds is 5. The van der Waals surface area contributed by atoms with Crippen molar-refractivity contribution in [1.29, 1.82) is 0 Å². The molecule has 2 aromatic rings. The lowest BCUT2D eigenvalue weighted by Gasteiger charge is -2.14. The van der Waals surface area contributed by atoms with Crippen LogP contribution >= 0.6 is 23.2 Å². The van der Waals surface area contributed by atoms with Gasteiger partial charge in [0.1, 0.15) is 5.15 Å². The van der Waals surface area contributed by atoms with Gasteiger partial charge in [-0.1, -0.05) is 53.5 Å². The maximum Gasteiger partial charge on any atom is 0.241 e. The van der Waals surface area contributed by atoms with E-state index in [1.807, 2.05) is 30.3 Å². The van der Waals surface area contributed by atoms with Crippen molar-refractivity contribution in [2.75, 3.05) is 5.32 Å². The summed E-state index contributed by atoms with van der Waals surface area (Å²) < 4.78 is 0. The van der Waals surface area contributed by atoms with Crippen molar-refractivity contribution in [1.82, 2.24) is 10.3 Å². The lowest BCUT2D eigenvalue weighted by Crippen LogP contribution is -2.37. The fraction of sp³-hybridized carbons (Fsp3) is 0.200. The van der Waals surface area contributed by atoms with Gasteiger partial charge in [-0.15, -0.1) is 0 Å². The Morgan fingerprint density at radius 1 is 1.29 bits per heavy atom. The summed E-state index contributed by atoms with van der Waals surface area (Å²) in [6, 6.07) is 11.0. The first-order valence-corrected chi connectivity index (χ1v) is 7.21. The molecule has 21 heavy (non-hydrogen) atoms. The molecular weight excluding hydrogens is 309 g/mol. The number of amides is 1. The Bertz CT molecular complexity index is 620. The molecule has 0 fully saturated rings. The number of benzene rings is 1. The zero-order chi connectivity index (χ0) is 15.2. The van der Waals surface area contributed by atoms with Crippen molar-refractivity contribution in [3.8, 4) is 0 Å². The van der Waals surface area contributed by atoms with Gasteiger partial charge >= 0.3 is 0 Å². The van der Waals surface area contributed by atoms with E-state index in [1.165, 1.54) is 12.3 Å². The third-order valence-electron chi connectivity index (χ3n) is 2.93. The molecule has 0 radical (unpaired) electrons. The third-order valence-corrected chi connectivity index (χ3v) is 3.45. The highest BCUT2D eigenvalue weighted by Crippen LogP contribution is 2.23. The Labute approximate surface area is 133 Å². The predicted molar refractivity (Wildman–Crippen MR) is 85.6 cm³/mol. The molecule has 1 amide bonds. The number of hydrogen-bond donors (Lipinski definition) is 2. The fourth-order valence-electron chi connectivity index (χ4n) is 1.70. The summed E-state index contributed by atoms with van der Waals surface area (Å²) in [5.74, 6) is -0.183. The Morgan fingerprint density at radius 2 is 2.00 bits per heavy atom. The van der Waals surface area contributed by atoms with Gasteiger partial charge in [-0.05, 0) is 18.6 Å². The number of carbonyl (C=O) groups is 1. The van der Waals surface area contributed by atoms with Gasteiger partial charge in [0.2, 0.25) is 5.91 Å². The van der Waals surface area contributed by atoms with E-state index in [9.17, 15) is 4.79 Å². The van der Waals surface area contributed by atoms with Crippen LogP contribution in [0.3, 0.4) is 0 Å². The molecule has 1 heterocycles. The molecule has 1 atom stereocenters. The molecule has 1 unspecified atom stereocenters. The molecule has 1 aromatic carbocycles. The number of pyridine rings is 1. The van der Waals surface area contributed by atoms with Gasteiger partial charge in [0.25, 0.3) is 0 Å². The Balaban J connectivity index is 1.90. The molecule has 1 aromatic heterocycles. The van der Waals surface area contributed by atoms with Crippen molar-refractivity contribution < 1.29 is 4.79 Å². The van der Waals surface area contributed by atoms with Crippen molar-refractivity contribution >= 4 is 34.8 Å². The molecule has 6 heteroatoms. The molecule has 4 nitrogen and oxygen atoms in total. The zero-order valence-electron chi connectivity index (χ0n) is 11.4. The van der Waals surface area contributed by atoms with Crippen LogP contribution in [0.1, 0.15) is 12.5 Å². The van der Waals surface area contributed by atoms with E-state index in [4.69, 9.17) is 23.2 Å². The number of carbonyl (C=O) groups excluding carboxylic acids is 1. The number of nitrogens with zero attached hydrogens (tertiary/aromatic N) is 1. The minimum atomic E-state index is -0.364. The van der Waals surface area contributed by atoms with Crippen LogP contribution in [0.15, 0.2) is 42.6 Å². The Hall–Kier alpha value is -1.62. The van der Waals surface area contributed by atoms with Gasteiger partial charge in [-0.3, -0.25) is 4.79 Å². The second-order valence-electron chi connectivity index (χ2n) is 4.56. The lowest BCUT2D eigenvalue weighted by atomic mass is 10.2. The molecule has 0 saturated heterocycles. The lowest BCUT2D eigenvalue weighted by molar-refractivity contribution is -0.117. The number of aromatic nitrogens is 1. The van der Waals surface area contributed by atoms with E-state index >= 15 is 0 Å². The number of hydrogen-bond acceptors (Lipinski definition) is 3. The van der Waals surface area contributed by atoms with E-state index in [0.29, 0.717) is 17.3 Å². The third kappa shape index (κ3) is 4.70. The van der Waals surface area contributed by atoms with Gasteiger partial charge in [0.15, 0.2) is 0 Å². The minimum absolute atomic E-state index is 0.183. The van der Waals surface area contributed by atoms with Crippen LogP contribution in [0.5, 0.6) is 0 Å². The van der Waals surface area contributed by atoms with Crippen LogP contribution in [0.4, 0.5) is 5.69 Å². The molecule has 2 N–H and O–H groups in total. The highest BCUT2D eigenvalue weighted by Gasteiger charge is 2.14. The summed E-state index contributed by atoms with van der Waals surface area (Å²) in [6.07, 6.45) is 1.44. The number of anilines is 1. The van der Waals surface area contributed by atoms with E-state index in [-0.39, 0.29) is 17.1 Å². The summed E-state index contributed by atoms with van der Waals surface area (Å²) in [7, 11) is 0. The molecule has 2 rings (SSSR count). The molecule has 0 bridgehead atoms. The summed E-state index contributed by atoms with van der Waals surface area (Å²) in [6.45, 7) is 2.40. The summed E-state index contributed by atoms with van der Waals surface area (Å²) in [5.41, 5.74) is 1.56. The second kappa shape index (κ2) is 7.41. The fourth-order valence-corrected chi connectivity index (χ4v) is 2.11. The summed E-state index contributed by atoms with van der Waals surface area (Å²) >= 11 is 11.7. The minimum Gasteiger partial charge on any atom is -0.322 e. The SMILES string of the molecule is CC(NCc1ccccc1)C(=O)Nc1cnc(Cl)cc1Cl. The van der Waals surface area contributed by atoms with Crippen LogP contribution in [0.25, 0.3) is 0 Å². The molecular formula is C15H15Cl2N3O. The van der Waals surface area contributed by atoms with E-state index in [0.717, 1.165) is 5.56 Å². The van der Waals surface area contributed by atoms with Crippen LogP contribution in [-0.4, -0.2) is 16.9 Å². The van der Waals surface area contributed by atoms with Crippen LogP contribution in [0.2, 0.25) is 10.2 Å². The molecule has 0 saturated carbocycles. The monoisotopic (exact) mass is 323 g/mol. The van der Waals surface area contributed by atoms with Gasteiger partial charge in [0.05, 0.1) is 22.9 Å². The molecule has 0 aliphatic rings. The smallest absolute Gasteiger partial charge is 0.241 e. The van der Waals surface area contributed by atoms with Crippen molar-refractivity contribution in [3.63, 3.8) is 0 Å². The Kier molecular flexibility index (Phi) is 5.56. The second-order valence-corrected chi connectivity index (χ2v) is 5.36. The summed E-state index contributed by atoms with van der Waals surface area (Å²) in [5, 5.41) is 6.51. The maximum absolute atomic E-state index is 12.1. The first-order valence-electron chi connectivity index (χ1n) is 6.45. The van der Waals surface area contributed by atoms with Crippen LogP contribution in [0, 0.1) is 0 Å². The normalized spacial score (nSPS) is 12.0. The van der Waals surface area contributed by atoms with E-state index in [2.05, 4.69) is 15.6 Å². The van der Waals surface area contributed by atoms with Crippen LogP contribution in [-0.2, 0) is 11.3 Å². The standard InChI is InChI=1S/C15H15Cl2N3O/c1-10(18-8-11-5-3-2-4-6-11)15(21)20-13-9-19-14(17)7-12(13)16/h2-7,9-10,18H,8H2,1H3,(H,20,21). The van der Waals surface area contributed by atoms with Gasteiger partial charge in [0, 0.05) is 6.54 Å². The van der Waals surface area contributed by atoms with E-state index in [1.54, 1.807) is 6.92 Å². The molecule has 0 aliphatic carbocycles. The highest BCUT2D eigenvalue weighted by atomic mass is 35.5.